The molecule has 6 heteroatoms. The molecule has 1 atom stereocenters. The highest BCUT2D eigenvalue weighted by Crippen LogP contribution is 2.27. The van der Waals surface area contributed by atoms with Crippen LogP contribution in [0.15, 0.2) is 78.9 Å². The summed E-state index contributed by atoms with van der Waals surface area (Å²) in [5, 5.41) is 0. The summed E-state index contributed by atoms with van der Waals surface area (Å²) < 4.78 is 5.54. The molecule has 4 rings (SSSR count). The van der Waals surface area contributed by atoms with Gasteiger partial charge in [-0.2, -0.15) is 0 Å². The zero-order valence-corrected chi connectivity index (χ0v) is 16.8. The molecule has 0 spiro atoms. The van der Waals surface area contributed by atoms with Crippen molar-refractivity contribution >= 4 is 23.6 Å². The maximum atomic E-state index is 13.2. The molecule has 1 aliphatic rings. The third-order valence-electron chi connectivity index (χ3n) is 5.16. The molecule has 0 saturated carbocycles. The maximum absolute atomic E-state index is 13.2. The van der Waals surface area contributed by atoms with Crippen molar-refractivity contribution in [2.75, 3.05) is 0 Å². The summed E-state index contributed by atoms with van der Waals surface area (Å²) in [4.78, 5) is 52.1. The van der Waals surface area contributed by atoms with Crippen LogP contribution in [0, 0.1) is 0 Å². The number of esters is 1. The number of rotatable bonds is 6. The highest BCUT2D eigenvalue weighted by atomic mass is 16.5. The minimum atomic E-state index is -1.19. The van der Waals surface area contributed by atoms with Gasteiger partial charge in [0.15, 0.2) is 5.78 Å². The van der Waals surface area contributed by atoms with Crippen LogP contribution in [0.3, 0.4) is 0 Å². The van der Waals surface area contributed by atoms with Gasteiger partial charge >= 0.3 is 5.97 Å². The second-order valence-electron chi connectivity index (χ2n) is 7.20. The van der Waals surface area contributed by atoms with E-state index in [1.54, 1.807) is 42.5 Å². The molecule has 1 heterocycles. The van der Waals surface area contributed by atoms with E-state index in [9.17, 15) is 19.2 Å². The van der Waals surface area contributed by atoms with Gasteiger partial charge in [0, 0.05) is 6.42 Å². The van der Waals surface area contributed by atoms with Crippen molar-refractivity contribution in [3.63, 3.8) is 0 Å². The topological polar surface area (TPSA) is 80.8 Å². The van der Waals surface area contributed by atoms with E-state index >= 15 is 0 Å². The van der Waals surface area contributed by atoms with Crippen molar-refractivity contribution < 1.29 is 23.9 Å². The number of hydrogen-bond donors (Lipinski definition) is 0. The smallest absolute Gasteiger partial charge is 0.335 e. The van der Waals surface area contributed by atoms with E-state index in [2.05, 4.69) is 0 Å². The summed E-state index contributed by atoms with van der Waals surface area (Å²) in [5.41, 5.74) is 1.52. The molecule has 0 aliphatic carbocycles. The average molecular weight is 413 g/mol. The minimum Gasteiger partial charge on any atom is -0.424 e. The van der Waals surface area contributed by atoms with Gasteiger partial charge in [-0.1, -0.05) is 54.6 Å². The van der Waals surface area contributed by atoms with Crippen molar-refractivity contribution in [3.8, 4) is 5.75 Å². The van der Waals surface area contributed by atoms with Gasteiger partial charge in [0.2, 0.25) is 0 Å². The third-order valence-corrected chi connectivity index (χ3v) is 5.16. The molecule has 31 heavy (non-hydrogen) atoms. The van der Waals surface area contributed by atoms with Gasteiger partial charge in [-0.15, -0.1) is 0 Å². The van der Waals surface area contributed by atoms with E-state index < -0.39 is 23.8 Å². The number of amides is 2. The van der Waals surface area contributed by atoms with Crippen LogP contribution in [-0.2, 0) is 11.2 Å². The number of imide groups is 1. The Balaban J connectivity index is 1.71. The van der Waals surface area contributed by atoms with E-state index in [0.717, 1.165) is 10.5 Å². The third kappa shape index (κ3) is 3.88. The standard InChI is InChI=1S/C25H19NO5/c1-16(27)18-11-7-8-14-22(18)31-25(30)21(15-17-9-3-2-4-10-17)26-23(28)19-12-5-6-13-20(19)24(26)29/h2-14,21H,15H2,1H3/t21-/m0/s1. The molecule has 154 valence electrons. The second-order valence-corrected chi connectivity index (χ2v) is 7.20. The lowest BCUT2D eigenvalue weighted by Gasteiger charge is -2.25. The van der Waals surface area contributed by atoms with Gasteiger partial charge in [-0.3, -0.25) is 19.3 Å². The molecule has 6 nitrogen and oxygen atoms in total. The molecule has 1 aliphatic heterocycles. The Morgan fingerprint density at radius 3 is 1.97 bits per heavy atom. The Morgan fingerprint density at radius 1 is 0.806 bits per heavy atom. The van der Waals surface area contributed by atoms with Crippen molar-refractivity contribution in [1.29, 1.82) is 0 Å². The number of ketones is 1. The molecule has 0 aromatic heterocycles. The van der Waals surface area contributed by atoms with Crippen molar-refractivity contribution in [1.82, 2.24) is 4.90 Å². The Morgan fingerprint density at radius 2 is 1.35 bits per heavy atom. The lowest BCUT2D eigenvalue weighted by Crippen LogP contribution is -2.48. The van der Waals surface area contributed by atoms with Gasteiger partial charge < -0.3 is 4.74 Å². The Labute approximate surface area is 179 Å². The fourth-order valence-corrected chi connectivity index (χ4v) is 3.63. The Bertz CT molecular complexity index is 1150. The average Bonchev–Trinajstić information content (AvgIpc) is 3.03. The van der Waals surface area contributed by atoms with Crippen LogP contribution in [0.4, 0.5) is 0 Å². The summed E-state index contributed by atoms with van der Waals surface area (Å²) in [7, 11) is 0. The molecule has 2 amide bonds. The summed E-state index contributed by atoms with van der Waals surface area (Å²) >= 11 is 0. The number of carbonyl (C=O) groups excluding carboxylic acids is 4. The van der Waals surface area contributed by atoms with Crippen LogP contribution < -0.4 is 4.74 Å². The fourth-order valence-electron chi connectivity index (χ4n) is 3.63. The van der Waals surface area contributed by atoms with Gasteiger partial charge in [0.25, 0.3) is 11.8 Å². The molecule has 3 aromatic rings. The molecule has 0 saturated heterocycles. The van der Waals surface area contributed by atoms with Crippen molar-refractivity contribution in [2.24, 2.45) is 0 Å². The zero-order chi connectivity index (χ0) is 22.0. The van der Waals surface area contributed by atoms with Gasteiger partial charge in [-0.25, -0.2) is 4.79 Å². The number of carbonyl (C=O) groups is 4. The number of ether oxygens (including phenoxy) is 1. The summed E-state index contributed by atoms with van der Waals surface area (Å²) in [6, 6.07) is 20.7. The number of benzene rings is 3. The number of nitrogens with zero attached hydrogens (tertiary/aromatic N) is 1. The highest BCUT2D eigenvalue weighted by molar-refractivity contribution is 6.22. The largest absolute Gasteiger partial charge is 0.424 e. The molecule has 0 unspecified atom stereocenters. The molecule has 3 aromatic carbocycles. The molecule has 0 N–H and O–H groups in total. The summed E-state index contributed by atoms with van der Waals surface area (Å²) in [6.45, 7) is 1.37. The first-order chi connectivity index (χ1) is 15.0. The van der Waals surface area contributed by atoms with Crippen LogP contribution in [-0.4, -0.2) is 34.5 Å². The summed E-state index contributed by atoms with van der Waals surface area (Å²) in [5.74, 6) is -2.04. The van der Waals surface area contributed by atoms with E-state index in [-0.39, 0.29) is 34.6 Å². The lowest BCUT2D eigenvalue weighted by atomic mass is 10.0. The molecule has 0 bridgehead atoms. The predicted molar refractivity (Wildman–Crippen MR) is 113 cm³/mol. The number of hydrogen-bond acceptors (Lipinski definition) is 5. The number of Topliss-reactive ketones (excluding diaryl/α,β-unsaturated/α-hetero) is 1. The fraction of sp³-hybridized carbons (Fsp3) is 0.120. The van der Waals surface area contributed by atoms with Crippen molar-refractivity contribution in [3.05, 3.63) is 101 Å². The molecular formula is C25H19NO5. The summed E-state index contributed by atoms with van der Waals surface area (Å²) in [6.07, 6.45) is 0.0907. The molecule has 0 radical (unpaired) electrons. The van der Waals surface area contributed by atoms with Gasteiger partial charge in [0.05, 0.1) is 16.7 Å². The first kappa shape index (κ1) is 20.2. The molecular weight excluding hydrogens is 394 g/mol. The van der Waals surface area contributed by atoms with Gasteiger partial charge in [-0.05, 0) is 36.8 Å². The van der Waals surface area contributed by atoms with Crippen LogP contribution in [0.25, 0.3) is 0 Å². The van der Waals surface area contributed by atoms with Crippen molar-refractivity contribution in [2.45, 2.75) is 19.4 Å². The minimum absolute atomic E-state index is 0.0907. The van der Waals surface area contributed by atoms with E-state index in [1.807, 2.05) is 30.3 Å². The van der Waals surface area contributed by atoms with Crippen LogP contribution in [0.5, 0.6) is 5.75 Å². The van der Waals surface area contributed by atoms with E-state index in [4.69, 9.17) is 4.74 Å². The quantitative estimate of drug-likeness (QED) is 0.266. The lowest BCUT2D eigenvalue weighted by molar-refractivity contribution is -0.138. The first-order valence-electron chi connectivity index (χ1n) is 9.80. The Hall–Kier alpha value is -4.06. The monoisotopic (exact) mass is 413 g/mol. The van der Waals surface area contributed by atoms with Crippen LogP contribution >= 0.6 is 0 Å². The molecule has 0 fully saturated rings. The van der Waals surface area contributed by atoms with E-state index in [0.29, 0.717) is 0 Å². The SMILES string of the molecule is CC(=O)c1ccccc1OC(=O)[C@H](Cc1ccccc1)N1C(=O)c2ccccc2C1=O. The zero-order valence-electron chi connectivity index (χ0n) is 16.8. The second kappa shape index (κ2) is 8.36. The van der Waals surface area contributed by atoms with Crippen LogP contribution in [0.1, 0.15) is 43.6 Å². The Kier molecular flexibility index (Phi) is 5.45. The first-order valence-corrected chi connectivity index (χ1v) is 9.80. The van der Waals surface area contributed by atoms with Crippen LogP contribution in [0.2, 0.25) is 0 Å². The normalized spacial score (nSPS) is 13.6. The number of fused-ring (bicyclic) bond motifs is 1. The van der Waals surface area contributed by atoms with E-state index in [1.165, 1.54) is 13.0 Å². The highest BCUT2D eigenvalue weighted by Gasteiger charge is 2.43. The number of para-hydroxylation sites is 1. The maximum Gasteiger partial charge on any atom is 0.335 e. The van der Waals surface area contributed by atoms with Gasteiger partial charge in [0.1, 0.15) is 11.8 Å². The predicted octanol–water partition coefficient (Wildman–Crippen LogP) is 3.70.